The molecule has 1 aromatic carbocycles. The number of anilines is 2. The van der Waals surface area contributed by atoms with Gasteiger partial charge in [-0.25, -0.2) is 9.78 Å². The first kappa shape index (κ1) is 20.6. The molecule has 1 aliphatic heterocycles. The Kier molecular flexibility index (Phi) is 6.36. The van der Waals surface area contributed by atoms with Crippen molar-refractivity contribution in [2.24, 2.45) is 0 Å². The van der Waals surface area contributed by atoms with Crippen molar-refractivity contribution in [2.75, 3.05) is 43.5 Å². The number of aromatic nitrogens is 1. The fourth-order valence-electron chi connectivity index (χ4n) is 3.50. The number of Topliss-reactive ketones (excluding diaryl/α,β-unsaturated/α-hetero) is 1. The van der Waals surface area contributed by atoms with Crippen molar-refractivity contribution < 1.29 is 14.3 Å². The van der Waals surface area contributed by atoms with E-state index in [1.807, 2.05) is 37.3 Å². The van der Waals surface area contributed by atoms with Gasteiger partial charge in [-0.15, -0.1) is 0 Å². The molecule has 3 rings (SSSR count). The fraction of sp³-hybridized carbons (Fsp3) is 0.409. The van der Waals surface area contributed by atoms with Crippen LogP contribution in [-0.2, 0) is 6.42 Å². The number of ketones is 1. The number of hydrogen-bond acceptors (Lipinski definition) is 5. The van der Waals surface area contributed by atoms with Crippen LogP contribution in [0.2, 0.25) is 0 Å². The number of rotatable bonds is 5. The number of methoxy groups -OCH3 is 1. The number of pyridine rings is 1. The highest BCUT2D eigenvalue weighted by atomic mass is 16.5. The second kappa shape index (κ2) is 8.94. The van der Waals surface area contributed by atoms with Gasteiger partial charge in [0, 0.05) is 43.1 Å². The Labute approximate surface area is 171 Å². The molecule has 0 atom stereocenters. The summed E-state index contributed by atoms with van der Waals surface area (Å²) in [5.74, 6) is 0.488. The summed E-state index contributed by atoms with van der Waals surface area (Å²) in [4.78, 5) is 32.6. The molecule has 1 aromatic heterocycles. The van der Waals surface area contributed by atoms with Gasteiger partial charge in [0.25, 0.3) is 0 Å². The van der Waals surface area contributed by atoms with Crippen molar-refractivity contribution in [3.05, 3.63) is 47.2 Å². The van der Waals surface area contributed by atoms with Gasteiger partial charge in [-0.3, -0.25) is 4.79 Å². The number of nitrogens with zero attached hydrogens (tertiary/aromatic N) is 3. The predicted octanol–water partition coefficient (Wildman–Crippen LogP) is 3.52. The molecule has 154 valence electrons. The van der Waals surface area contributed by atoms with Crippen molar-refractivity contribution in [1.82, 2.24) is 9.88 Å². The van der Waals surface area contributed by atoms with Crippen LogP contribution in [0.15, 0.2) is 30.3 Å². The molecule has 2 amide bonds. The molecule has 0 bridgehead atoms. The monoisotopic (exact) mass is 396 g/mol. The third kappa shape index (κ3) is 4.67. The number of benzene rings is 1. The second-order valence-corrected chi connectivity index (χ2v) is 7.15. The average Bonchev–Trinajstić information content (AvgIpc) is 2.74. The van der Waals surface area contributed by atoms with E-state index >= 15 is 0 Å². The Hall–Kier alpha value is -3.09. The molecule has 7 nitrogen and oxygen atoms in total. The number of nitrogens with one attached hydrogen (secondary N) is 1. The maximum atomic E-state index is 12.8. The first-order valence-corrected chi connectivity index (χ1v) is 9.89. The zero-order chi connectivity index (χ0) is 21.0. The van der Waals surface area contributed by atoms with E-state index in [0.717, 1.165) is 36.5 Å². The molecule has 0 spiro atoms. The Morgan fingerprint density at radius 1 is 1.14 bits per heavy atom. The van der Waals surface area contributed by atoms with Crippen LogP contribution in [0.5, 0.6) is 5.88 Å². The van der Waals surface area contributed by atoms with Crippen LogP contribution in [0, 0.1) is 6.92 Å². The van der Waals surface area contributed by atoms with Gasteiger partial charge in [0.05, 0.1) is 7.11 Å². The molecular weight excluding hydrogens is 368 g/mol. The van der Waals surface area contributed by atoms with Gasteiger partial charge in [0.15, 0.2) is 5.78 Å². The Morgan fingerprint density at radius 3 is 2.34 bits per heavy atom. The van der Waals surface area contributed by atoms with Crippen LogP contribution >= 0.6 is 0 Å². The highest BCUT2D eigenvalue weighted by Gasteiger charge is 2.23. The van der Waals surface area contributed by atoms with E-state index in [0.29, 0.717) is 30.2 Å². The topological polar surface area (TPSA) is 74.8 Å². The minimum atomic E-state index is -0.150. The van der Waals surface area contributed by atoms with Gasteiger partial charge in [0.1, 0.15) is 5.69 Å². The maximum Gasteiger partial charge on any atom is 0.322 e. The summed E-state index contributed by atoms with van der Waals surface area (Å²) in [6.07, 6.45) is 0.840. The highest BCUT2D eigenvalue weighted by Crippen LogP contribution is 2.26. The lowest BCUT2D eigenvalue weighted by Crippen LogP contribution is -2.50. The molecule has 0 unspecified atom stereocenters. The molecule has 1 saturated heterocycles. The maximum absolute atomic E-state index is 12.8. The lowest BCUT2D eigenvalue weighted by Gasteiger charge is -2.36. The summed E-state index contributed by atoms with van der Waals surface area (Å²) < 4.78 is 5.34. The Morgan fingerprint density at radius 2 is 1.79 bits per heavy atom. The van der Waals surface area contributed by atoms with Crippen LogP contribution in [0.4, 0.5) is 16.2 Å². The molecule has 0 radical (unpaired) electrons. The van der Waals surface area contributed by atoms with Crippen molar-refractivity contribution in [2.45, 2.75) is 27.2 Å². The highest BCUT2D eigenvalue weighted by molar-refractivity contribution is 5.94. The van der Waals surface area contributed by atoms with Crippen molar-refractivity contribution in [3.63, 3.8) is 0 Å². The minimum Gasteiger partial charge on any atom is -0.480 e. The standard InChI is InChI=1S/C22H28N4O3/c1-5-17-14-20(21(29-4)23-15(17)2)24-22(28)26-12-10-25(11-13-26)19-8-6-18(7-9-19)16(3)27/h6-9,14H,5,10-13H2,1-4H3,(H,24,28). The van der Waals surface area contributed by atoms with Crippen LogP contribution in [0.1, 0.15) is 35.5 Å². The molecule has 1 fully saturated rings. The van der Waals surface area contributed by atoms with Crippen LogP contribution in [0.25, 0.3) is 0 Å². The van der Waals surface area contributed by atoms with Gasteiger partial charge in [-0.05, 0) is 56.2 Å². The molecule has 0 aliphatic carbocycles. The summed E-state index contributed by atoms with van der Waals surface area (Å²) in [5, 5.41) is 2.95. The van der Waals surface area contributed by atoms with Gasteiger partial charge < -0.3 is 19.9 Å². The summed E-state index contributed by atoms with van der Waals surface area (Å²) in [5.41, 5.74) is 4.36. The normalized spacial score (nSPS) is 13.9. The Balaban J connectivity index is 1.62. The number of aryl methyl sites for hydroxylation is 2. The van der Waals surface area contributed by atoms with E-state index in [4.69, 9.17) is 4.74 Å². The molecule has 2 aromatic rings. The summed E-state index contributed by atoms with van der Waals surface area (Å²) >= 11 is 0. The molecule has 7 heteroatoms. The first-order valence-electron chi connectivity index (χ1n) is 9.89. The molecule has 2 heterocycles. The summed E-state index contributed by atoms with van der Waals surface area (Å²) in [6.45, 7) is 8.26. The third-order valence-corrected chi connectivity index (χ3v) is 5.30. The van der Waals surface area contributed by atoms with E-state index in [9.17, 15) is 9.59 Å². The van der Waals surface area contributed by atoms with E-state index in [1.165, 1.54) is 0 Å². The summed E-state index contributed by atoms with van der Waals surface area (Å²) in [7, 11) is 1.55. The zero-order valence-corrected chi connectivity index (χ0v) is 17.5. The zero-order valence-electron chi connectivity index (χ0n) is 17.5. The smallest absolute Gasteiger partial charge is 0.322 e. The number of carbonyl (C=O) groups is 2. The number of ether oxygens (including phenoxy) is 1. The number of amides is 2. The van der Waals surface area contributed by atoms with Gasteiger partial charge in [0.2, 0.25) is 5.88 Å². The minimum absolute atomic E-state index is 0.0605. The fourth-order valence-corrected chi connectivity index (χ4v) is 3.50. The largest absolute Gasteiger partial charge is 0.480 e. The van der Waals surface area contributed by atoms with Gasteiger partial charge in [-0.1, -0.05) is 6.92 Å². The molecular formula is C22H28N4O3. The molecule has 0 saturated carbocycles. The van der Waals surface area contributed by atoms with Crippen LogP contribution in [-0.4, -0.2) is 55.0 Å². The SMILES string of the molecule is CCc1cc(NC(=O)N2CCN(c3ccc(C(C)=O)cc3)CC2)c(OC)nc1C. The lowest BCUT2D eigenvalue weighted by molar-refractivity contribution is 0.101. The number of urea groups is 1. The van der Waals surface area contributed by atoms with E-state index in [1.54, 1.807) is 18.9 Å². The predicted molar refractivity (Wildman–Crippen MR) is 114 cm³/mol. The first-order chi connectivity index (χ1) is 13.9. The van der Waals surface area contributed by atoms with E-state index in [2.05, 4.69) is 22.1 Å². The summed E-state index contributed by atoms with van der Waals surface area (Å²) in [6, 6.07) is 9.40. The number of hydrogen-bond donors (Lipinski definition) is 1. The van der Waals surface area contributed by atoms with Crippen LogP contribution < -0.4 is 15.0 Å². The van der Waals surface area contributed by atoms with Gasteiger partial charge >= 0.3 is 6.03 Å². The van der Waals surface area contributed by atoms with E-state index < -0.39 is 0 Å². The van der Waals surface area contributed by atoms with Crippen molar-refractivity contribution >= 4 is 23.2 Å². The average molecular weight is 396 g/mol. The molecule has 29 heavy (non-hydrogen) atoms. The second-order valence-electron chi connectivity index (χ2n) is 7.15. The third-order valence-electron chi connectivity index (χ3n) is 5.30. The van der Waals surface area contributed by atoms with Crippen molar-refractivity contribution in [3.8, 4) is 5.88 Å². The van der Waals surface area contributed by atoms with Crippen LogP contribution in [0.3, 0.4) is 0 Å². The van der Waals surface area contributed by atoms with Crippen molar-refractivity contribution in [1.29, 1.82) is 0 Å². The van der Waals surface area contributed by atoms with E-state index in [-0.39, 0.29) is 11.8 Å². The lowest BCUT2D eigenvalue weighted by atomic mass is 10.1. The number of carbonyl (C=O) groups excluding carboxylic acids is 2. The number of piperazine rings is 1. The molecule has 1 aliphatic rings. The molecule has 1 N–H and O–H groups in total. The van der Waals surface area contributed by atoms with Gasteiger partial charge in [-0.2, -0.15) is 0 Å². The Bertz CT molecular complexity index is 888. The quantitative estimate of drug-likeness (QED) is 0.783.